The van der Waals surface area contributed by atoms with Crippen LogP contribution in [0.4, 0.5) is 14.5 Å². The molecule has 2 aromatic carbocycles. The van der Waals surface area contributed by atoms with Gasteiger partial charge in [0.25, 0.3) is 11.7 Å². The number of ether oxygens (including phenoxy) is 2. The van der Waals surface area contributed by atoms with E-state index in [0.29, 0.717) is 34.5 Å². The van der Waals surface area contributed by atoms with Crippen molar-refractivity contribution in [2.75, 3.05) is 12.4 Å². The molecule has 2 aromatic rings. The fourth-order valence-corrected chi connectivity index (χ4v) is 2.92. The maximum atomic E-state index is 12.3. The predicted octanol–water partition coefficient (Wildman–Crippen LogP) is 4.51. The first-order valence-corrected chi connectivity index (χ1v) is 9.44. The molecular weight excluding hydrogens is 388 g/mol. The summed E-state index contributed by atoms with van der Waals surface area (Å²) in [6.07, 6.45) is -0.446. The molecule has 1 unspecified atom stereocenters. The van der Waals surface area contributed by atoms with E-state index in [4.69, 9.17) is 9.47 Å². The van der Waals surface area contributed by atoms with E-state index in [1.165, 1.54) is 31.2 Å². The molecule has 1 N–H and O–H groups in total. The zero-order chi connectivity index (χ0) is 20.5. The van der Waals surface area contributed by atoms with Gasteiger partial charge in [-0.05, 0) is 49.2 Å². The number of esters is 1. The molecule has 0 saturated carbocycles. The van der Waals surface area contributed by atoms with Gasteiger partial charge in [-0.25, -0.2) is 0 Å². The monoisotopic (exact) mass is 409 g/mol. The van der Waals surface area contributed by atoms with Crippen LogP contribution in [0.2, 0.25) is 0 Å². The summed E-state index contributed by atoms with van der Waals surface area (Å²) >= 11 is 0.423. The van der Waals surface area contributed by atoms with Crippen molar-refractivity contribution in [3.8, 4) is 5.75 Å². The number of para-hydroxylation sites is 1. The molecule has 0 aromatic heterocycles. The molecule has 2 rings (SSSR count). The number of methoxy groups -OCH3 is 1. The average molecular weight is 409 g/mol. The normalized spacial score (nSPS) is 11.8. The van der Waals surface area contributed by atoms with Gasteiger partial charge in [-0.15, -0.1) is 0 Å². The van der Waals surface area contributed by atoms with E-state index in [1.807, 2.05) is 24.3 Å². The van der Waals surface area contributed by atoms with Crippen LogP contribution in [-0.4, -0.2) is 30.8 Å². The second kappa shape index (κ2) is 10.7. The highest BCUT2D eigenvalue weighted by Gasteiger charge is 2.18. The van der Waals surface area contributed by atoms with Gasteiger partial charge in [0.15, 0.2) is 6.10 Å². The Morgan fingerprint density at radius 1 is 1.11 bits per heavy atom. The third-order valence-electron chi connectivity index (χ3n) is 3.82. The minimum Gasteiger partial charge on any atom is -0.496 e. The number of aryl methyl sites for hydroxylation is 1. The zero-order valence-corrected chi connectivity index (χ0v) is 16.3. The quantitative estimate of drug-likeness (QED) is 0.488. The van der Waals surface area contributed by atoms with Crippen molar-refractivity contribution < 1.29 is 27.8 Å². The maximum absolute atomic E-state index is 12.3. The van der Waals surface area contributed by atoms with Crippen molar-refractivity contribution in [1.29, 1.82) is 0 Å². The summed E-state index contributed by atoms with van der Waals surface area (Å²) in [5.41, 5.74) is 1.31. The lowest BCUT2D eigenvalue weighted by Crippen LogP contribution is -2.30. The highest BCUT2D eigenvalue weighted by Crippen LogP contribution is 2.26. The van der Waals surface area contributed by atoms with Crippen LogP contribution in [0.25, 0.3) is 0 Å². The summed E-state index contributed by atoms with van der Waals surface area (Å²) in [4.78, 5) is 24.6. The fraction of sp³-hybridized carbons (Fsp3) is 0.300. The fourth-order valence-electron chi connectivity index (χ4n) is 2.42. The summed E-state index contributed by atoms with van der Waals surface area (Å²) in [7, 11) is 1.56. The maximum Gasteiger partial charge on any atom is 0.306 e. The van der Waals surface area contributed by atoms with Crippen molar-refractivity contribution in [3.05, 3.63) is 54.1 Å². The molecule has 0 aliphatic rings. The SMILES string of the molecule is COc1ccccc1CCC(=O)OC(C)C(=O)Nc1ccc(SC(F)F)cc1. The van der Waals surface area contributed by atoms with Crippen LogP contribution in [0.5, 0.6) is 5.75 Å². The zero-order valence-electron chi connectivity index (χ0n) is 15.5. The number of hydrogen-bond donors (Lipinski definition) is 1. The topological polar surface area (TPSA) is 64.6 Å². The lowest BCUT2D eigenvalue weighted by molar-refractivity contribution is -0.153. The lowest BCUT2D eigenvalue weighted by Gasteiger charge is -2.14. The van der Waals surface area contributed by atoms with Crippen molar-refractivity contribution in [2.45, 2.75) is 36.5 Å². The number of anilines is 1. The van der Waals surface area contributed by atoms with Crippen molar-refractivity contribution >= 4 is 29.3 Å². The Labute approximate surface area is 166 Å². The lowest BCUT2D eigenvalue weighted by atomic mass is 10.1. The van der Waals surface area contributed by atoms with E-state index >= 15 is 0 Å². The van der Waals surface area contributed by atoms with E-state index in [9.17, 15) is 18.4 Å². The standard InChI is InChI=1S/C20H21F2NO4S/c1-13(19(25)23-15-8-10-16(11-9-15)28-20(21)22)27-18(24)12-7-14-5-3-4-6-17(14)26-2/h3-6,8-11,13,20H,7,12H2,1-2H3,(H,23,25). The number of carbonyl (C=O) groups is 2. The Balaban J connectivity index is 1.81. The number of thioether (sulfide) groups is 1. The highest BCUT2D eigenvalue weighted by molar-refractivity contribution is 7.99. The second-order valence-electron chi connectivity index (χ2n) is 5.84. The molecule has 0 spiro atoms. The van der Waals surface area contributed by atoms with E-state index < -0.39 is 23.7 Å². The molecule has 0 aliphatic heterocycles. The van der Waals surface area contributed by atoms with Gasteiger partial charge in [-0.1, -0.05) is 30.0 Å². The first-order valence-electron chi connectivity index (χ1n) is 8.56. The third kappa shape index (κ3) is 6.84. The Bertz CT molecular complexity index is 799. The van der Waals surface area contributed by atoms with E-state index in [1.54, 1.807) is 7.11 Å². The molecule has 150 valence electrons. The van der Waals surface area contributed by atoms with Gasteiger partial charge in [-0.2, -0.15) is 8.78 Å². The minimum atomic E-state index is -2.50. The van der Waals surface area contributed by atoms with Gasteiger partial charge >= 0.3 is 5.97 Å². The van der Waals surface area contributed by atoms with Crippen molar-refractivity contribution in [2.24, 2.45) is 0 Å². The van der Waals surface area contributed by atoms with Crippen LogP contribution in [-0.2, 0) is 20.7 Å². The number of nitrogens with one attached hydrogen (secondary N) is 1. The summed E-state index contributed by atoms with van der Waals surface area (Å²) < 4.78 is 35.0. The molecule has 28 heavy (non-hydrogen) atoms. The van der Waals surface area contributed by atoms with Crippen LogP contribution in [0.3, 0.4) is 0 Å². The first-order chi connectivity index (χ1) is 13.4. The molecule has 0 aliphatic carbocycles. The molecule has 0 saturated heterocycles. The number of amides is 1. The minimum absolute atomic E-state index is 0.109. The molecule has 0 radical (unpaired) electrons. The molecular formula is C20H21F2NO4S. The summed E-state index contributed by atoms with van der Waals surface area (Å²) in [5, 5.41) is 2.59. The molecule has 0 heterocycles. The van der Waals surface area contributed by atoms with Gasteiger partial charge in [0, 0.05) is 17.0 Å². The first kappa shape index (κ1) is 21.7. The summed E-state index contributed by atoms with van der Waals surface area (Å²) in [6, 6.07) is 13.3. The highest BCUT2D eigenvalue weighted by atomic mass is 32.2. The Morgan fingerprint density at radius 3 is 2.43 bits per heavy atom. The van der Waals surface area contributed by atoms with E-state index in [0.717, 1.165) is 5.56 Å². The number of benzene rings is 2. The van der Waals surface area contributed by atoms with E-state index in [2.05, 4.69) is 5.32 Å². The number of halogens is 2. The summed E-state index contributed by atoms with van der Waals surface area (Å²) in [6.45, 7) is 1.47. The van der Waals surface area contributed by atoms with Crippen LogP contribution in [0, 0.1) is 0 Å². The molecule has 5 nitrogen and oxygen atoms in total. The number of rotatable bonds is 9. The Kier molecular flexibility index (Phi) is 8.25. The number of carbonyl (C=O) groups excluding carboxylic acids is 2. The number of hydrogen-bond acceptors (Lipinski definition) is 5. The molecule has 1 atom stereocenters. The van der Waals surface area contributed by atoms with Gasteiger partial charge in [-0.3, -0.25) is 9.59 Å². The van der Waals surface area contributed by atoms with Crippen molar-refractivity contribution in [3.63, 3.8) is 0 Å². The smallest absolute Gasteiger partial charge is 0.306 e. The van der Waals surface area contributed by atoms with E-state index in [-0.39, 0.29) is 6.42 Å². The molecule has 8 heteroatoms. The van der Waals surface area contributed by atoms with Crippen LogP contribution < -0.4 is 10.1 Å². The van der Waals surface area contributed by atoms with Crippen LogP contribution in [0.1, 0.15) is 18.9 Å². The largest absolute Gasteiger partial charge is 0.496 e. The molecule has 0 bridgehead atoms. The molecule has 1 amide bonds. The van der Waals surface area contributed by atoms with Gasteiger partial charge in [0.2, 0.25) is 0 Å². The Morgan fingerprint density at radius 2 is 1.79 bits per heavy atom. The predicted molar refractivity (Wildman–Crippen MR) is 104 cm³/mol. The van der Waals surface area contributed by atoms with Crippen LogP contribution >= 0.6 is 11.8 Å². The molecule has 0 fully saturated rings. The average Bonchev–Trinajstić information content (AvgIpc) is 2.67. The third-order valence-corrected chi connectivity index (χ3v) is 4.54. The van der Waals surface area contributed by atoms with Gasteiger partial charge < -0.3 is 14.8 Å². The summed E-state index contributed by atoms with van der Waals surface area (Å²) in [5.74, 6) is -2.82. The Hall–Kier alpha value is -2.61. The van der Waals surface area contributed by atoms with Crippen LogP contribution in [0.15, 0.2) is 53.4 Å². The second-order valence-corrected chi connectivity index (χ2v) is 6.90. The van der Waals surface area contributed by atoms with Gasteiger partial charge in [0.1, 0.15) is 5.75 Å². The van der Waals surface area contributed by atoms with Gasteiger partial charge in [0.05, 0.1) is 7.11 Å². The van der Waals surface area contributed by atoms with Crippen molar-refractivity contribution in [1.82, 2.24) is 0 Å². The number of alkyl halides is 2.